The molecule has 0 spiro atoms. The molecule has 0 unspecified atom stereocenters. The second kappa shape index (κ2) is 6.66. The number of nitrogens with one attached hydrogen (secondary N) is 1. The quantitative estimate of drug-likeness (QED) is 0.878. The summed E-state index contributed by atoms with van der Waals surface area (Å²) in [5, 5.41) is 2.86. The van der Waals surface area contributed by atoms with Crippen LogP contribution >= 0.6 is 0 Å². The summed E-state index contributed by atoms with van der Waals surface area (Å²) in [6, 6.07) is 5.89. The first kappa shape index (κ1) is 14.0. The summed E-state index contributed by atoms with van der Waals surface area (Å²) in [7, 11) is 0. The molecular weight excluding hydrogens is 243 g/mol. The van der Waals surface area contributed by atoms with E-state index in [1.807, 2.05) is 0 Å². The highest BCUT2D eigenvalue weighted by molar-refractivity contribution is 5.92. The van der Waals surface area contributed by atoms with Crippen molar-refractivity contribution in [2.45, 2.75) is 32.1 Å². The first-order valence-corrected chi connectivity index (χ1v) is 6.95. The smallest absolute Gasteiger partial charge is 0.227 e. The molecule has 1 aromatic rings. The molecule has 4 heteroatoms. The molecule has 104 valence electrons. The lowest BCUT2D eigenvalue weighted by Crippen LogP contribution is -2.27. The number of benzene rings is 1. The number of amides is 1. The minimum Gasteiger partial charge on any atom is -0.330 e. The normalized spacial score (nSPS) is 23.1. The first-order chi connectivity index (χ1) is 9.19. The third-order valence-corrected chi connectivity index (χ3v) is 3.90. The van der Waals surface area contributed by atoms with Crippen LogP contribution < -0.4 is 11.1 Å². The molecule has 1 saturated carbocycles. The topological polar surface area (TPSA) is 55.1 Å². The van der Waals surface area contributed by atoms with Gasteiger partial charge in [-0.1, -0.05) is 0 Å². The van der Waals surface area contributed by atoms with Crippen LogP contribution in [-0.2, 0) is 4.79 Å². The lowest BCUT2D eigenvalue weighted by atomic mass is 9.80. The summed E-state index contributed by atoms with van der Waals surface area (Å²) in [5.74, 6) is 0.525. The van der Waals surface area contributed by atoms with Crippen molar-refractivity contribution in [3.8, 4) is 0 Å². The van der Waals surface area contributed by atoms with Crippen LogP contribution in [-0.4, -0.2) is 12.5 Å². The average molecular weight is 264 g/mol. The molecule has 0 bridgehead atoms. The van der Waals surface area contributed by atoms with E-state index in [9.17, 15) is 9.18 Å². The van der Waals surface area contributed by atoms with Crippen LogP contribution in [0.5, 0.6) is 0 Å². The molecule has 1 aliphatic rings. The van der Waals surface area contributed by atoms with Gasteiger partial charge in [0.1, 0.15) is 5.82 Å². The van der Waals surface area contributed by atoms with Crippen molar-refractivity contribution in [1.82, 2.24) is 0 Å². The maximum atomic E-state index is 12.8. The predicted octanol–water partition coefficient (Wildman–Crippen LogP) is 2.92. The Kier molecular flexibility index (Phi) is 4.91. The van der Waals surface area contributed by atoms with E-state index in [4.69, 9.17) is 5.73 Å². The van der Waals surface area contributed by atoms with Crippen molar-refractivity contribution in [3.63, 3.8) is 0 Å². The van der Waals surface area contributed by atoms with Crippen molar-refractivity contribution in [3.05, 3.63) is 30.1 Å². The van der Waals surface area contributed by atoms with Crippen LogP contribution in [0, 0.1) is 17.7 Å². The number of carbonyl (C=O) groups excluding carboxylic acids is 1. The molecule has 2 rings (SSSR count). The lowest BCUT2D eigenvalue weighted by Gasteiger charge is -2.27. The summed E-state index contributed by atoms with van der Waals surface area (Å²) in [6.07, 6.45) is 5.08. The van der Waals surface area contributed by atoms with E-state index >= 15 is 0 Å². The van der Waals surface area contributed by atoms with Gasteiger partial charge in [0.25, 0.3) is 0 Å². The van der Waals surface area contributed by atoms with Gasteiger partial charge in [-0.2, -0.15) is 0 Å². The largest absolute Gasteiger partial charge is 0.330 e. The monoisotopic (exact) mass is 264 g/mol. The molecule has 1 aliphatic carbocycles. The molecule has 0 radical (unpaired) electrons. The van der Waals surface area contributed by atoms with Gasteiger partial charge in [-0.3, -0.25) is 4.79 Å². The molecule has 0 saturated heterocycles. The summed E-state index contributed by atoms with van der Waals surface area (Å²) in [6.45, 7) is 0.733. The Balaban J connectivity index is 1.83. The van der Waals surface area contributed by atoms with Gasteiger partial charge in [-0.15, -0.1) is 0 Å². The van der Waals surface area contributed by atoms with E-state index in [-0.39, 0.29) is 17.6 Å². The van der Waals surface area contributed by atoms with Crippen LogP contribution in [0.3, 0.4) is 0 Å². The minimum absolute atomic E-state index is 0.0535. The third-order valence-electron chi connectivity index (χ3n) is 3.90. The van der Waals surface area contributed by atoms with E-state index in [0.29, 0.717) is 11.6 Å². The fourth-order valence-corrected chi connectivity index (χ4v) is 2.73. The number of hydrogen-bond acceptors (Lipinski definition) is 2. The van der Waals surface area contributed by atoms with Crippen molar-refractivity contribution in [2.75, 3.05) is 11.9 Å². The molecule has 0 aliphatic heterocycles. The average Bonchev–Trinajstić information content (AvgIpc) is 2.42. The van der Waals surface area contributed by atoms with E-state index in [1.54, 1.807) is 12.1 Å². The number of anilines is 1. The minimum atomic E-state index is -0.291. The summed E-state index contributed by atoms with van der Waals surface area (Å²) < 4.78 is 12.8. The van der Waals surface area contributed by atoms with E-state index in [1.165, 1.54) is 12.1 Å². The third kappa shape index (κ3) is 4.03. The molecule has 1 fully saturated rings. The first-order valence-electron chi connectivity index (χ1n) is 6.95. The Morgan fingerprint density at radius 2 is 1.84 bits per heavy atom. The van der Waals surface area contributed by atoms with Gasteiger partial charge in [0.05, 0.1) is 0 Å². The van der Waals surface area contributed by atoms with E-state index in [2.05, 4.69) is 5.32 Å². The van der Waals surface area contributed by atoms with Gasteiger partial charge in [-0.25, -0.2) is 4.39 Å². The Labute approximate surface area is 113 Å². The van der Waals surface area contributed by atoms with Gasteiger partial charge in [0.2, 0.25) is 5.91 Å². The van der Waals surface area contributed by atoms with Gasteiger partial charge in [0, 0.05) is 11.6 Å². The second-order valence-electron chi connectivity index (χ2n) is 5.29. The van der Waals surface area contributed by atoms with Gasteiger partial charge in [0.15, 0.2) is 0 Å². The highest BCUT2D eigenvalue weighted by Gasteiger charge is 2.25. The van der Waals surface area contributed by atoms with Crippen LogP contribution in [0.25, 0.3) is 0 Å². The molecule has 3 nitrogen and oxygen atoms in total. The van der Waals surface area contributed by atoms with Gasteiger partial charge < -0.3 is 11.1 Å². The van der Waals surface area contributed by atoms with E-state index in [0.717, 1.165) is 38.6 Å². The molecule has 0 heterocycles. The summed E-state index contributed by atoms with van der Waals surface area (Å²) in [5.41, 5.74) is 6.22. The number of nitrogens with two attached hydrogens (primary N) is 1. The SMILES string of the molecule is NCCC1CCC(C(=O)Nc2ccc(F)cc2)CC1. The van der Waals surface area contributed by atoms with Gasteiger partial charge >= 0.3 is 0 Å². The summed E-state index contributed by atoms with van der Waals surface area (Å²) >= 11 is 0. The lowest BCUT2D eigenvalue weighted by molar-refractivity contribution is -0.121. The number of hydrogen-bond donors (Lipinski definition) is 2. The van der Waals surface area contributed by atoms with Crippen molar-refractivity contribution < 1.29 is 9.18 Å². The molecule has 3 N–H and O–H groups in total. The fraction of sp³-hybridized carbons (Fsp3) is 0.533. The molecule has 1 aromatic carbocycles. The molecule has 0 atom stereocenters. The Morgan fingerprint density at radius 1 is 1.21 bits per heavy atom. The van der Waals surface area contributed by atoms with Crippen molar-refractivity contribution in [2.24, 2.45) is 17.6 Å². The molecule has 1 amide bonds. The Bertz CT molecular complexity index is 411. The maximum Gasteiger partial charge on any atom is 0.227 e. The zero-order chi connectivity index (χ0) is 13.7. The number of rotatable bonds is 4. The Hall–Kier alpha value is -1.42. The zero-order valence-corrected chi connectivity index (χ0v) is 11.1. The van der Waals surface area contributed by atoms with Crippen LogP contribution in [0.2, 0.25) is 0 Å². The van der Waals surface area contributed by atoms with E-state index < -0.39 is 0 Å². The van der Waals surface area contributed by atoms with Crippen molar-refractivity contribution in [1.29, 1.82) is 0 Å². The Morgan fingerprint density at radius 3 is 2.42 bits per heavy atom. The number of carbonyl (C=O) groups is 1. The highest BCUT2D eigenvalue weighted by Crippen LogP contribution is 2.31. The number of halogens is 1. The van der Waals surface area contributed by atoms with Gasteiger partial charge in [-0.05, 0) is 68.8 Å². The standard InChI is InChI=1S/C15H21FN2O/c16-13-5-7-14(8-6-13)18-15(19)12-3-1-11(2-4-12)9-10-17/h5-8,11-12H,1-4,9-10,17H2,(H,18,19). The van der Waals surface area contributed by atoms with Crippen LogP contribution in [0.15, 0.2) is 24.3 Å². The maximum absolute atomic E-state index is 12.8. The highest BCUT2D eigenvalue weighted by atomic mass is 19.1. The summed E-state index contributed by atoms with van der Waals surface area (Å²) in [4.78, 5) is 12.1. The fourth-order valence-electron chi connectivity index (χ4n) is 2.73. The molecule has 19 heavy (non-hydrogen) atoms. The van der Waals surface area contributed by atoms with Crippen LogP contribution in [0.4, 0.5) is 10.1 Å². The molecular formula is C15H21FN2O. The predicted molar refractivity (Wildman–Crippen MR) is 74.1 cm³/mol. The van der Waals surface area contributed by atoms with Crippen molar-refractivity contribution >= 4 is 11.6 Å². The molecule has 0 aromatic heterocycles. The van der Waals surface area contributed by atoms with Crippen LogP contribution in [0.1, 0.15) is 32.1 Å². The zero-order valence-electron chi connectivity index (χ0n) is 11.1. The second-order valence-corrected chi connectivity index (χ2v) is 5.29.